The highest BCUT2D eigenvalue weighted by Gasteiger charge is 2.50. The van der Waals surface area contributed by atoms with Crippen molar-refractivity contribution in [1.29, 1.82) is 0 Å². The lowest BCUT2D eigenvalue weighted by molar-refractivity contribution is -0.124. The topological polar surface area (TPSA) is 40.6 Å². The van der Waals surface area contributed by atoms with Crippen LogP contribution in [-0.4, -0.2) is 34.7 Å². The van der Waals surface area contributed by atoms with Gasteiger partial charge in [0.2, 0.25) is 0 Å². The summed E-state index contributed by atoms with van der Waals surface area (Å²) in [7, 11) is 0. The van der Waals surface area contributed by atoms with Gasteiger partial charge in [0.05, 0.1) is 39.9 Å². The normalized spacial score (nSPS) is 15.7. The predicted octanol–water partition coefficient (Wildman–Crippen LogP) is 15.8. The molecule has 0 aromatic carbocycles. The molecule has 2 aromatic heterocycles. The van der Waals surface area contributed by atoms with E-state index in [9.17, 15) is 0 Å². The zero-order valence-electron chi connectivity index (χ0n) is 34.1. The zero-order valence-corrected chi connectivity index (χ0v) is 38.9. The molecule has 0 unspecified atom stereocenters. The number of hydrogen-bond donors (Lipinski definition) is 0. The van der Waals surface area contributed by atoms with E-state index in [-0.39, 0.29) is 11.8 Å². The molecule has 0 fully saturated rings. The second-order valence-corrected chi connectivity index (χ2v) is 21.0. The fraction of sp³-hybridized carbons (Fsp3) is 0.696. The molecular weight excluding hydrogens is 836 g/mol. The van der Waals surface area contributed by atoms with E-state index in [4.69, 9.17) is 0 Å². The first kappa shape index (κ1) is 45.5. The molecule has 8 heteroatoms. The Labute approximate surface area is 354 Å². The summed E-state index contributed by atoms with van der Waals surface area (Å²) in [4.78, 5) is 36.3. The first-order chi connectivity index (χ1) is 26.3. The Hall–Kier alpha value is -1.22. The molecule has 2 aliphatic rings. The zero-order chi connectivity index (χ0) is 38.7. The van der Waals surface area contributed by atoms with Gasteiger partial charge in [0.1, 0.15) is 0 Å². The van der Waals surface area contributed by atoms with Gasteiger partial charge >= 0.3 is 0 Å². The van der Waals surface area contributed by atoms with Crippen LogP contribution in [0.25, 0.3) is 11.4 Å². The van der Waals surface area contributed by atoms with Gasteiger partial charge in [-0.3, -0.25) is 9.59 Å². The summed E-state index contributed by atoms with van der Waals surface area (Å²) in [5.41, 5.74) is 2.98. The fourth-order valence-electron chi connectivity index (χ4n) is 8.46. The minimum atomic E-state index is 0.0248. The number of nitrogens with zero attached hydrogens (tertiary/aromatic N) is 2. The number of rotatable bonds is 30. The summed E-state index contributed by atoms with van der Waals surface area (Å²) in [6.07, 6.45) is 29.8. The Morgan fingerprint density at radius 1 is 0.463 bits per heavy atom. The minimum absolute atomic E-state index is 0.0248. The smallest absolute Gasteiger partial charge is 0.261 e. The lowest BCUT2D eigenvalue weighted by atomic mass is 9.93. The number of unbranched alkanes of at least 4 members (excludes halogenated alkanes) is 16. The minimum Gasteiger partial charge on any atom is -0.306 e. The van der Waals surface area contributed by atoms with E-state index >= 15 is 9.59 Å². The average Bonchev–Trinajstić information content (AvgIpc) is 3.92. The van der Waals surface area contributed by atoms with Gasteiger partial charge in [0, 0.05) is 13.1 Å². The summed E-state index contributed by atoms with van der Waals surface area (Å²) in [5, 5.41) is 0. The molecule has 4 heterocycles. The van der Waals surface area contributed by atoms with Crippen molar-refractivity contribution >= 4 is 77.7 Å². The molecule has 0 spiro atoms. The summed E-state index contributed by atoms with van der Waals surface area (Å²) in [6, 6.07) is 8.35. The number of carbonyl (C=O) groups is 2. The molecule has 2 atom stereocenters. The monoisotopic (exact) mass is 904 g/mol. The number of fused-ring (bicyclic) bond motifs is 1. The SMILES string of the molecule is CCCCCCCC[C@@H](CCCCCC)CN1C(=O)C2=C(c3ccc(Br)s3)N(C[C@@H](CCCCCC)CCCCCCCC)C(=O)C2=C1c1ccc(Br)s1. The molecule has 0 radical (unpaired) electrons. The van der Waals surface area contributed by atoms with Crippen molar-refractivity contribution in [1.82, 2.24) is 9.80 Å². The van der Waals surface area contributed by atoms with Gasteiger partial charge in [-0.05, 0) is 93.6 Å². The van der Waals surface area contributed by atoms with E-state index in [0.717, 1.165) is 54.4 Å². The highest BCUT2D eigenvalue weighted by Crippen LogP contribution is 2.50. The lowest BCUT2D eigenvalue weighted by Crippen LogP contribution is -2.34. The first-order valence-corrected chi connectivity index (χ1v) is 25.2. The Morgan fingerprint density at radius 2 is 0.759 bits per heavy atom. The second-order valence-electron chi connectivity index (χ2n) is 16.0. The molecule has 54 heavy (non-hydrogen) atoms. The summed E-state index contributed by atoms with van der Waals surface area (Å²) in [5.74, 6) is 0.894. The number of halogens is 2. The van der Waals surface area contributed by atoms with Crippen LogP contribution in [0.3, 0.4) is 0 Å². The molecule has 4 rings (SSSR count). The highest BCUT2D eigenvalue weighted by atomic mass is 79.9. The van der Waals surface area contributed by atoms with Crippen molar-refractivity contribution in [3.8, 4) is 0 Å². The van der Waals surface area contributed by atoms with Crippen molar-refractivity contribution in [3.05, 3.63) is 52.7 Å². The third-order valence-corrected chi connectivity index (χ3v) is 14.8. The van der Waals surface area contributed by atoms with Crippen LogP contribution in [0.15, 0.2) is 43.0 Å². The van der Waals surface area contributed by atoms with Gasteiger partial charge < -0.3 is 9.80 Å². The van der Waals surface area contributed by atoms with Crippen LogP contribution in [0.4, 0.5) is 0 Å². The standard InChI is InChI=1S/C46H70Br2N2O2S2/c1-5-9-13-17-19-23-27-35(25-21-15-11-7-3)33-49-43(37-29-31-39(47)53-37)41-42(45(49)51)44(38-30-32-40(48)54-38)50(46(41)52)34-36(26-22-16-12-8-4)28-24-20-18-14-10-6-2/h29-32,35-36H,5-28,33-34H2,1-4H3/t35-,36+. The quantitative estimate of drug-likeness (QED) is 0.0733. The van der Waals surface area contributed by atoms with Crippen LogP contribution in [0.2, 0.25) is 0 Å². The molecule has 0 saturated heterocycles. The molecule has 0 saturated carbocycles. The van der Waals surface area contributed by atoms with Crippen molar-refractivity contribution in [3.63, 3.8) is 0 Å². The molecule has 4 nitrogen and oxygen atoms in total. The van der Waals surface area contributed by atoms with E-state index < -0.39 is 0 Å². The third-order valence-electron chi connectivity index (χ3n) is 11.5. The molecule has 0 N–H and O–H groups in total. The summed E-state index contributed by atoms with van der Waals surface area (Å²) in [6.45, 7) is 10.5. The van der Waals surface area contributed by atoms with Crippen LogP contribution < -0.4 is 0 Å². The molecule has 2 aromatic rings. The van der Waals surface area contributed by atoms with E-state index in [2.05, 4.69) is 83.8 Å². The van der Waals surface area contributed by atoms with Gasteiger partial charge in [-0.2, -0.15) is 0 Å². The first-order valence-electron chi connectivity index (χ1n) is 22.0. The van der Waals surface area contributed by atoms with Crippen molar-refractivity contribution in [2.75, 3.05) is 13.1 Å². The van der Waals surface area contributed by atoms with Gasteiger partial charge in [0.25, 0.3) is 11.8 Å². The van der Waals surface area contributed by atoms with Crippen LogP contribution >= 0.6 is 54.5 Å². The average molecular weight is 907 g/mol. The van der Waals surface area contributed by atoms with Crippen LogP contribution in [-0.2, 0) is 9.59 Å². The molecule has 2 amide bonds. The Morgan fingerprint density at radius 3 is 1.06 bits per heavy atom. The van der Waals surface area contributed by atoms with Crippen LogP contribution in [0.5, 0.6) is 0 Å². The molecule has 302 valence electrons. The van der Waals surface area contributed by atoms with Crippen LogP contribution in [0, 0.1) is 11.8 Å². The molecule has 0 aliphatic carbocycles. The number of hydrogen-bond acceptors (Lipinski definition) is 4. The van der Waals surface area contributed by atoms with Crippen molar-refractivity contribution < 1.29 is 9.59 Å². The van der Waals surface area contributed by atoms with E-state index in [0.29, 0.717) is 36.1 Å². The Bertz CT molecular complexity index is 1380. The largest absolute Gasteiger partial charge is 0.306 e. The Kier molecular flexibility index (Phi) is 21.2. The van der Waals surface area contributed by atoms with Gasteiger partial charge in [0.15, 0.2) is 0 Å². The third kappa shape index (κ3) is 13.4. The molecule has 0 bridgehead atoms. The second kappa shape index (κ2) is 25.2. The van der Waals surface area contributed by atoms with E-state index in [1.54, 1.807) is 22.7 Å². The van der Waals surface area contributed by atoms with E-state index in [1.165, 1.54) is 128 Å². The number of carbonyl (C=O) groups excluding carboxylic acids is 2. The van der Waals surface area contributed by atoms with Gasteiger partial charge in [-0.25, -0.2) is 0 Å². The van der Waals surface area contributed by atoms with Crippen molar-refractivity contribution in [2.45, 2.75) is 182 Å². The fourth-order valence-corrected chi connectivity index (χ4v) is 11.3. The predicted molar refractivity (Wildman–Crippen MR) is 242 cm³/mol. The van der Waals surface area contributed by atoms with Gasteiger partial charge in [-0.15, -0.1) is 22.7 Å². The van der Waals surface area contributed by atoms with Crippen molar-refractivity contribution in [2.24, 2.45) is 11.8 Å². The number of thiophene rings is 2. The Balaban J connectivity index is 1.69. The van der Waals surface area contributed by atoms with Gasteiger partial charge in [-0.1, -0.05) is 156 Å². The maximum atomic E-state index is 15.1. The lowest BCUT2D eigenvalue weighted by Gasteiger charge is -2.29. The molecular formula is C46H70Br2N2O2S2. The summed E-state index contributed by atoms with van der Waals surface area (Å²) < 4.78 is 2.05. The molecule has 2 aliphatic heterocycles. The summed E-state index contributed by atoms with van der Waals surface area (Å²) >= 11 is 10.7. The maximum absolute atomic E-state index is 15.1. The van der Waals surface area contributed by atoms with Crippen LogP contribution in [0.1, 0.15) is 192 Å². The maximum Gasteiger partial charge on any atom is 0.261 e. The van der Waals surface area contributed by atoms with E-state index in [1.807, 2.05) is 9.80 Å². The highest BCUT2D eigenvalue weighted by molar-refractivity contribution is 9.11. The number of amides is 2.